The second kappa shape index (κ2) is 11.4. The number of carbonyl (C=O) groups excluding carboxylic acids is 3. The molecule has 2 amide bonds. The second-order valence-corrected chi connectivity index (χ2v) is 6.90. The van der Waals surface area contributed by atoms with Crippen molar-refractivity contribution >= 4 is 29.2 Å². The van der Waals surface area contributed by atoms with Gasteiger partial charge in [-0.15, -0.1) is 0 Å². The van der Waals surface area contributed by atoms with E-state index < -0.39 is 23.4 Å². The van der Waals surface area contributed by atoms with E-state index >= 15 is 0 Å². The van der Waals surface area contributed by atoms with Gasteiger partial charge in [0.2, 0.25) is 5.91 Å². The van der Waals surface area contributed by atoms with Gasteiger partial charge in [0.25, 0.3) is 11.6 Å². The van der Waals surface area contributed by atoms with E-state index in [0.717, 1.165) is 5.56 Å². The Morgan fingerprint density at radius 3 is 2.45 bits per heavy atom. The van der Waals surface area contributed by atoms with E-state index in [1.54, 1.807) is 18.2 Å². The van der Waals surface area contributed by atoms with E-state index in [4.69, 9.17) is 4.74 Å². The lowest BCUT2D eigenvalue weighted by Gasteiger charge is -2.21. The van der Waals surface area contributed by atoms with Gasteiger partial charge in [0.1, 0.15) is 0 Å². The summed E-state index contributed by atoms with van der Waals surface area (Å²) >= 11 is 0. The summed E-state index contributed by atoms with van der Waals surface area (Å²) in [5.74, 6) is -1.64. The lowest BCUT2D eigenvalue weighted by Crippen LogP contribution is -2.41. The van der Waals surface area contributed by atoms with Crippen LogP contribution in [-0.2, 0) is 25.5 Å². The van der Waals surface area contributed by atoms with Crippen LogP contribution >= 0.6 is 0 Å². The molecule has 0 atom stereocenters. The molecule has 0 aromatic heterocycles. The van der Waals surface area contributed by atoms with Crippen molar-refractivity contribution in [3.05, 3.63) is 69.8 Å². The Kier molecular flexibility index (Phi) is 8.68. The number of nitrogens with zero attached hydrogens (tertiary/aromatic N) is 2. The molecule has 9 nitrogen and oxygen atoms in total. The van der Waals surface area contributed by atoms with Crippen LogP contribution in [0.1, 0.15) is 24.5 Å². The van der Waals surface area contributed by atoms with Crippen molar-refractivity contribution in [2.45, 2.75) is 26.7 Å². The minimum absolute atomic E-state index is 0.178. The number of esters is 1. The Hall–Kier alpha value is -3.75. The Morgan fingerprint density at radius 2 is 1.77 bits per heavy atom. The highest BCUT2D eigenvalue weighted by atomic mass is 16.6. The molecule has 0 spiro atoms. The average Bonchev–Trinajstić information content (AvgIpc) is 2.73. The number of para-hydroxylation sites is 2. The molecule has 0 aliphatic carbocycles. The van der Waals surface area contributed by atoms with E-state index in [0.29, 0.717) is 18.7 Å². The van der Waals surface area contributed by atoms with Crippen molar-refractivity contribution in [1.82, 2.24) is 4.90 Å². The first-order valence-electron chi connectivity index (χ1n) is 9.83. The predicted octanol–water partition coefficient (Wildman–Crippen LogP) is 2.87. The van der Waals surface area contributed by atoms with E-state index in [9.17, 15) is 24.5 Å². The van der Waals surface area contributed by atoms with Crippen LogP contribution in [0.4, 0.5) is 11.4 Å². The maximum absolute atomic E-state index is 12.5. The highest BCUT2D eigenvalue weighted by Crippen LogP contribution is 2.18. The first-order valence-corrected chi connectivity index (χ1v) is 9.83. The van der Waals surface area contributed by atoms with Crippen molar-refractivity contribution < 1.29 is 24.0 Å². The quantitative estimate of drug-likeness (QED) is 0.354. The number of hydrogen-bond acceptors (Lipinski definition) is 6. The van der Waals surface area contributed by atoms with Gasteiger partial charge in [-0.25, -0.2) is 0 Å². The minimum atomic E-state index is -0.761. The molecule has 0 fully saturated rings. The summed E-state index contributed by atoms with van der Waals surface area (Å²) in [7, 11) is 0. The summed E-state index contributed by atoms with van der Waals surface area (Å²) in [5.41, 5.74) is 1.57. The van der Waals surface area contributed by atoms with Gasteiger partial charge in [-0.1, -0.05) is 43.3 Å². The van der Waals surface area contributed by atoms with Crippen molar-refractivity contribution in [2.75, 3.05) is 25.0 Å². The number of nitrogens with one attached hydrogen (secondary N) is 1. The van der Waals surface area contributed by atoms with E-state index in [2.05, 4.69) is 5.32 Å². The van der Waals surface area contributed by atoms with Gasteiger partial charge >= 0.3 is 5.97 Å². The minimum Gasteiger partial charge on any atom is -0.455 e. The van der Waals surface area contributed by atoms with Gasteiger partial charge in [0.05, 0.1) is 17.9 Å². The van der Waals surface area contributed by atoms with E-state index in [1.807, 2.05) is 26.0 Å². The SMILES string of the molecule is CCCN(CC(=O)Nc1ccccc1C)C(=O)COC(=O)Cc1ccccc1[N+](=O)[O-]. The zero-order valence-corrected chi connectivity index (χ0v) is 17.5. The number of aryl methyl sites for hydroxylation is 1. The molecular formula is C22H25N3O6. The molecule has 2 aromatic rings. The second-order valence-electron chi connectivity index (χ2n) is 6.90. The maximum Gasteiger partial charge on any atom is 0.311 e. The highest BCUT2D eigenvalue weighted by molar-refractivity contribution is 5.95. The number of nitro groups is 1. The normalized spacial score (nSPS) is 10.3. The largest absolute Gasteiger partial charge is 0.455 e. The maximum atomic E-state index is 12.5. The molecule has 2 rings (SSSR count). The molecule has 0 unspecified atom stereocenters. The summed E-state index contributed by atoms with van der Waals surface area (Å²) in [6.45, 7) is 3.32. The summed E-state index contributed by atoms with van der Waals surface area (Å²) < 4.78 is 5.00. The zero-order valence-electron chi connectivity index (χ0n) is 17.5. The Balaban J connectivity index is 1.91. The van der Waals surface area contributed by atoms with Crippen LogP contribution in [0, 0.1) is 17.0 Å². The van der Waals surface area contributed by atoms with Gasteiger partial charge in [0, 0.05) is 23.9 Å². The zero-order chi connectivity index (χ0) is 22.8. The Morgan fingerprint density at radius 1 is 1.10 bits per heavy atom. The predicted molar refractivity (Wildman–Crippen MR) is 114 cm³/mol. The summed E-state index contributed by atoms with van der Waals surface area (Å²) in [4.78, 5) is 48.7. The molecule has 1 N–H and O–H groups in total. The first-order chi connectivity index (χ1) is 14.8. The van der Waals surface area contributed by atoms with Gasteiger partial charge in [-0.05, 0) is 25.0 Å². The number of benzene rings is 2. The van der Waals surface area contributed by atoms with E-state index in [-0.39, 0.29) is 30.1 Å². The number of ether oxygens (including phenoxy) is 1. The molecule has 0 aliphatic heterocycles. The van der Waals surface area contributed by atoms with Crippen molar-refractivity contribution in [2.24, 2.45) is 0 Å². The van der Waals surface area contributed by atoms with Crippen LogP contribution in [0.15, 0.2) is 48.5 Å². The molecule has 0 bridgehead atoms. The number of hydrogen-bond donors (Lipinski definition) is 1. The van der Waals surface area contributed by atoms with Crippen LogP contribution in [0.3, 0.4) is 0 Å². The molecule has 0 heterocycles. The fourth-order valence-electron chi connectivity index (χ4n) is 2.92. The summed E-state index contributed by atoms with van der Waals surface area (Å²) in [5, 5.41) is 13.8. The summed E-state index contributed by atoms with van der Waals surface area (Å²) in [6, 6.07) is 13.1. The number of nitro benzene ring substituents is 1. The third-order valence-corrected chi connectivity index (χ3v) is 4.48. The number of anilines is 1. The Bertz CT molecular complexity index is 960. The molecule has 9 heteroatoms. The topological polar surface area (TPSA) is 119 Å². The molecular weight excluding hydrogens is 402 g/mol. The lowest BCUT2D eigenvalue weighted by atomic mass is 10.1. The highest BCUT2D eigenvalue weighted by Gasteiger charge is 2.20. The van der Waals surface area contributed by atoms with Crippen LogP contribution in [0.5, 0.6) is 0 Å². The molecule has 0 aliphatic rings. The smallest absolute Gasteiger partial charge is 0.311 e. The van der Waals surface area contributed by atoms with Gasteiger partial charge in [0.15, 0.2) is 6.61 Å². The van der Waals surface area contributed by atoms with E-state index in [1.165, 1.54) is 23.1 Å². The molecule has 31 heavy (non-hydrogen) atoms. The van der Waals surface area contributed by atoms with Crippen molar-refractivity contribution in [1.29, 1.82) is 0 Å². The van der Waals surface area contributed by atoms with Crippen molar-refractivity contribution in [3.63, 3.8) is 0 Å². The first kappa shape index (κ1) is 23.5. The molecule has 0 saturated carbocycles. The molecule has 164 valence electrons. The monoisotopic (exact) mass is 427 g/mol. The van der Waals surface area contributed by atoms with Crippen LogP contribution in [-0.4, -0.2) is 47.3 Å². The van der Waals surface area contributed by atoms with Gasteiger partial charge < -0.3 is 15.0 Å². The number of carbonyl (C=O) groups is 3. The van der Waals surface area contributed by atoms with Crippen LogP contribution in [0.25, 0.3) is 0 Å². The van der Waals surface area contributed by atoms with Crippen LogP contribution < -0.4 is 5.32 Å². The molecule has 0 radical (unpaired) electrons. The van der Waals surface area contributed by atoms with Gasteiger partial charge in [-0.2, -0.15) is 0 Å². The lowest BCUT2D eigenvalue weighted by molar-refractivity contribution is -0.385. The third kappa shape index (κ3) is 7.22. The number of rotatable bonds is 10. The summed E-state index contributed by atoms with van der Waals surface area (Å²) in [6.07, 6.45) is 0.291. The fourth-order valence-corrected chi connectivity index (χ4v) is 2.92. The average molecular weight is 427 g/mol. The molecule has 2 aromatic carbocycles. The standard InChI is InChI=1S/C22H25N3O6/c1-3-12-24(14-20(26)23-18-10-6-4-8-16(18)2)21(27)15-31-22(28)13-17-9-5-7-11-19(17)25(29)30/h4-11H,3,12-15H2,1-2H3,(H,23,26). The third-order valence-electron chi connectivity index (χ3n) is 4.48. The fraction of sp³-hybridized carbons (Fsp3) is 0.318. The number of amides is 2. The van der Waals surface area contributed by atoms with Crippen LogP contribution in [0.2, 0.25) is 0 Å². The van der Waals surface area contributed by atoms with Crippen molar-refractivity contribution in [3.8, 4) is 0 Å². The Labute approximate surface area is 180 Å². The van der Waals surface area contributed by atoms with Gasteiger partial charge in [-0.3, -0.25) is 24.5 Å². The molecule has 0 saturated heterocycles.